The highest BCUT2D eigenvalue weighted by molar-refractivity contribution is 5.83. The number of amides is 1. The van der Waals surface area contributed by atoms with Crippen molar-refractivity contribution in [1.29, 1.82) is 0 Å². The van der Waals surface area contributed by atoms with E-state index >= 15 is 0 Å². The number of pyridine rings is 1. The van der Waals surface area contributed by atoms with E-state index in [-0.39, 0.29) is 0 Å². The average Bonchev–Trinajstić information content (AvgIpc) is 2.51. The number of methoxy groups -OCH3 is 1. The average molecular weight is 344 g/mol. The molecule has 0 aliphatic carbocycles. The molecule has 0 saturated heterocycles. The number of carbonyl (C=O) groups is 2. The van der Waals surface area contributed by atoms with Crippen LogP contribution in [-0.2, 0) is 20.7 Å². The van der Waals surface area contributed by atoms with Gasteiger partial charge in [-0.3, -0.25) is 4.98 Å². The second-order valence-electron chi connectivity index (χ2n) is 6.91. The lowest BCUT2D eigenvalue weighted by Gasteiger charge is -2.22. The summed E-state index contributed by atoms with van der Waals surface area (Å²) in [5.41, 5.74) is 2.08. The van der Waals surface area contributed by atoms with Crippen LogP contribution >= 0.6 is 0 Å². The molecule has 1 heterocycles. The van der Waals surface area contributed by atoms with Gasteiger partial charge in [0.25, 0.3) is 0 Å². The second-order valence-corrected chi connectivity index (χ2v) is 6.91. The molecule has 2 rings (SSSR count). The zero-order valence-corrected chi connectivity index (χ0v) is 15.3. The number of fused-ring (bicyclic) bond motifs is 1. The Morgan fingerprint density at radius 3 is 2.56 bits per heavy atom. The first-order chi connectivity index (χ1) is 11.7. The summed E-state index contributed by atoms with van der Waals surface area (Å²) < 4.78 is 10.0. The lowest BCUT2D eigenvalue weighted by molar-refractivity contribution is -0.143. The highest BCUT2D eigenvalue weighted by atomic mass is 16.6. The molecule has 1 amide bonds. The van der Waals surface area contributed by atoms with Gasteiger partial charge in [-0.05, 0) is 51.5 Å². The van der Waals surface area contributed by atoms with Gasteiger partial charge < -0.3 is 14.8 Å². The van der Waals surface area contributed by atoms with Crippen molar-refractivity contribution in [2.24, 2.45) is 0 Å². The van der Waals surface area contributed by atoms with Gasteiger partial charge in [-0.1, -0.05) is 12.1 Å². The molecule has 0 radical (unpaired) electrons. The SMILES string of the molecule is COC(=O)[C@H](Cc1ccc2nc(C)ccc2c1)NC(=O)OC(C)(C)C. The van der Waals surface area contributed by atoms with Crippen LogP contribution in [0.15, 0.2) is 30.3 Å². The summed E-state index contributed by atoms with van der Waals surface area (Å²) in [6.45, 7) is 7.22. The number of carbonyl (C=O) groups excluding carboxylic acids is 2. The van der Waals surface area contributed by atoms with E-state index in [1.807, 2.05) is 37.3 Å². The van der Waals surface area contributed by atoms with Crippen LogP contribution in [0.2, 0.25) is 0 Å². The third-order valence-electron chi connectivity index (χ3n) is 3.51. The van der Waals surface area contributed by atoms with Crippen molar-refractivity contribution in [2.75, 3.05) is 7.11 Å². The Morgan fingerprint density at radius 1 is 1.20 bits per heavy atom. The number of benzene rings is 1. The monoisotopic (exact) mass is 344 g/mol. The van der Waals surface area contributed by atoms with E-state index < -0.39 is 23.7 Å². The summed E-state index contributed by atoms with van der Waals surface area (Å²) in [5.74, 6) is -0.520. The van der Waals surface area contributed by atoms with Gasteiger partial charge >= 0.3 is 12.1 Å². The highest BCUT2D eigenvalue weighted by Crippen LogP contribution is 2.16. The summed E-state index contributed by atoms with van der Waals surface area (Å²) in [7, 11) is 1.29. The fraction of sp³-hybridized carbons (Fsp3) is 0.421. The van der Waals surface area contributed by atoms with Crippen molar-refractivity contribution in [1.82, 2.24) is 10.3 Å². The minimum atomic E-state index is -0.823. The molecule has 0 unspecified atom stereocenters. The van der Waals surface area contributed by atoms with Gasteiger partial charge in [0, 0.05) is 17.5 Å². The third kappa shape index (κ3) is 5.45. The fourth-order valence-electron chi connectivity index (χ4n) is 2.42. The first kappa shape index (κ1) is 18.7. The highest BCUT2D eigenvalue weighted by Gasteiger charge is 2.25. The molecule has 0 spiro atoms. The molecule has 1 atom stereocenters. The van der Waals surface area contributed by atoms with Crippen LogP contribution in [0.3, 0.4) is 0 Å². The number of aryl methyl sites for hydroxylation is 1. The number of ether oxygens (including phenoxy) is 2. The van der Waals surface area contributed by atoms with Crippen LogP contribution in [0, 0.1) is 6.92 Å². The van der Waals surface area contributed by atoms with E-state index in [9.17, 15) is 9.59 Å². The summed E-state index contributed by atoms with van der Waals surface area (Å²) in [6.07, 6.45) is -0.351. The molecule has 1 aromatic heterocycles. The third-order valence-corrected chi connectivity index (χ3v) is 3.51. The largest absolute Gasteiger partial charge is 0.467 e. The Morgan fingerprint density at radius 2 is 1.92 bits per heavy atom. The molecule has 0 aliphatic heterocycles. The number of hydrogen-bond donors (Lipinski definition) is 1. The molecule has 0 bridgehead atoms. The van der Waals surface area contributed by atoms with Gasteiger partial charge in [0.1, 0.15) is 11.6 Å². The quantitative estimate of drug-likeness (QED) is 0.862. The van der Waals surface area contributed by atoms with Crippen molar-refractivity contribution in [3.63, 3.8) is 0 Å². The Labute approximate surface area is 147 Å². The van der Waals surface area contributed by atoms with Crippen LogP contribution in [-0.4, -0.2) is 35.8 Å². The van der Waals surface area contributed by atoms with Gasteiger partial charge in [-0.2, -0.15) is 0 Å². The van der Waals surface area contributed by atoms with Crippen LogP contribution in [0.1, 0.15) is 32.0 Å². The predicted octanol–water partition coefficient (Wildman–Crippen LogP) is 3.15. The number of aromatic nitrogens is 1. The van der Waals surface area contributed by atoms with Crippen LogP contribution < -0.4 is 5.32 Å². The molecule has 2 aromatic rings. The number of hydrogen-bond acceptors (Lipinski definition) is 5. The number of nitrogens with one attached hydrogen (secondary N) is 1. The standard InChI is InChI=1S/C19H24N2O4/c1-12-6-8-14-10-13(7-9-15(14)20-12)11-16(17(22)24-5)21-18(23)25-19(2,3)4/h6-10,16H,11H2,1-5H3,(H,21,23)/t16-/m0/s1. The minimum absolute atomic E-state index is 0.301. The Balaban J connectivity index is 2.17. The predicted molar refractivity (Wildman–Crippen MR) is 95.4 cm³/mol. The molecule has 25 heavy (non-hydrogen) atoms. The smallest absolute Gasteiger partial charge is 0.408 e. The fourth-order valence-corrected chi connectivity index (χ4v) is 2.42. The summed E-state index contributed by atoms with van der Waals surface area (Å²) in [4.78, 5) is 28.5. The van der Waals surface area contributed by atoms with Crippen molar-refractivity contribution in [3.05, 3.63) is 41.6 Å². The maximum absolute atomic E-state index is 12.0. The number of esters is 1. The lowest BCUT2D eigenvalue weighted by Crippen LogP contribution is -2.45. The van der Waals surface area contributed by atoms with E-state index in [2.05, 4.69) is 10.3 Å². The summed E-state index contributed by atoms with van der Waals surface area (Å²) in [5, 5.41) is 3.55. The molecule has 6 nitrogen and oxygen atoms in total. The first-order valence-corrected chi connectivity index (χ1v) is 8.11. The van der Waals surface area contributed by atoms with Crippen molar-refractivity contribution < 1.29 is 19.1 Å². The lowest BCUT2D eigenvalue weighted by atomic mass is 10.0. The molecule has 1 aromatic carbocycles. The van der Waals surface area contributed by atoms with Gasteiger partial charge in [0.05, 0.1) is 12.6 Å². The maximum Gasteiger partial charge on any atom is 0.408 e. The van der Waals surface area contributed by atoms with Gasteiger partial charge in [0.2, 0.25) is 0 Å². The van der Waals surface area contributed by atoms with E-state index in [1.54, 1.807) is 20.8 Å². The van der Waals surface area contributed by atoms with Crippen LogP contribution in [0.4, 0.5) is 4.79 Å². The summed E-state index contributed by atoms with van der Waals surface area (Å²) in [6, 6.07) is 8.84. The second kappa shape index (κ2) is 7.51. The summed E-state index contributed by atoms with van der Waals surface area (Å²) >= 11 is 0. The normalized spacial score (nSPS) is 12.5. The molecular weight excluding hydrogens is 320 g/mol. The van der Waals surface area contributed by atoms with Gasteiger partial charge in [-0.15, -0.1) is 0 Å². The van der Waals surface area contributed by atoms with Gasteiger partial charge in [0.15, 0.2) is 0 Å². The topological polar surface area (TPSA) is 77.5 Å². The first-order valence-electron chi connectivity index (χ1n) is 8.11. The maximum atomic E-state index is 12.0. The zero-order valence-electron chi connectivity index (χ0n) is 15.3. The Hall–Kier alpha value is -2.63. The molecule has 134 valence electrons. The minimum Gasteiger partial charge on any atom is -0.467 e. The Kier molecular flexibility index (Phi) is 5.62. The van der Waals surface area contributed by atoms with E-state index in [4.69, 9.17) is 9.47 Å². The Bertz CT molecular complexity index is 781. The van der Waals surface area contributed by atoms with Crippen molar-refractivity contribution >= 4 is 23.0 Å². The van der Waals surface area contributed by atoms with Crippen molar-refractivity contribution in [3.8, 4) is 0 Å². The molecule has 0 fully saturated rings. The van der Waals surface area contributed by atoms with E-state index in [0.29, 0.717) is 6.42 Å². The molecular formula is C19H24N2O4. The van der Waals surface area contributed by atoms with Crippen molar-refractivity contribution in [2.45, 2.75) is 45.8 Å². The molecule has 1 N–H and O–H groups in total. The number of alkyl carbamates (subject to hydrolysis) is 1. The van der Waals surface area contributed by atoms with Gasteiger partial charge in [-0.25, -0.2) is 9.59 Å². The molecule has 0 aliphatic rings. The molecule has 6 heteroatoms. The zero-order chi connectivity index (χ0) is 18.6. The van der Waals surface area contributed by atoms with E-state index in [1.165, 1.54) is 7.11 Å². The van der Waals surface area contributed by atoms with Crippen LogP contribution in [0.5, 0.6) is 0 Å². The van der Waals surface area contributed by atoms with Crippen LogP contribution in [0.25, 0.3) is 10.9 Å². The molecule has 0 saturated carbocycles. The number of nitrogens with zero attached hydrogens (tertiary/aromatic N) is 1. The van der Waals surface area contributed by atoms with E-state index in [0.717, 1.165) is 22.2 Å². The number of rotatable bonds is 4.